The second kappa shape index (κ2) is 8.22. The molecule has 0 N–H and O–H groups in total. The normalized spacial score (nSPS) is 19.3. The highest BCUT2D eigenvalue weighted by Crippen LogP contribution is 2.24. The van der Waals surface area contributed by atoms with Gasteiger partial charge in [-0.05, 0) is 38.1 Å². The summed E-state index contributed by atoms with van der Waals surface area (Å²) in [5.74, 6) is -0.644. The van der Waals surface area contributed by atoms with Gasteiger partial charge in [0.2, 0.25) is 5.91 Å². The smallest absolute Gasteiger partial charge is 0.406 e. The van der Waals surface area contributed by atoms with E-state index in [-0.39, 0.29) is 35.8 Å². The molecular weight excluding hydrogens is 433 g/mol. The van der Waals surface area contributed by atoms with Crippen molar-refractivity contribution in [3.63, 3.8) is 0 Å². The Bertz CT molecular complexity index is 1180. The predicted octanol–water partition coefficient (Wildman–Crippen LogP) is 1.51. The van der Waals surface area contributed by atoms with Gasteiger partial charge in [0.15, 0.2) is 11.2 Å². The molecule has 1 aliphatic heterocycles. The SMILES string of the molecule is CC1CN(C(=O)Cn2cnc3c(nnn3-c3ccc(OC(F)(F)F)cc3)c2=O)CC(C)O1. The molecule has 1 fully saturated rings. The third-order valence-corrected chi connectivity index (χ3v) is 4.82. The molecular formula is C19H19F3N6O4. The third kappa shape index (κ3) is 4.56. The van der Waals surface area contributed by atoms with Crippen LogP contribution in [-0.2, 0) is 16.1 Å². The summed E-state index contributed by atoms with van der Waals surface area (Å²) in [6.45, 7) is 4.39. The zero-order valence-electron chi connectivity index (χ0n) is 17.1. The zero-order valence-corrected chi connectivity index (χ0v) is 17.1. The van der Waals surface area contributed by atoms with E-state index in [4.69, 9.17) is 4.74 Å². The van der Waals surface area contributed by atoms with Crippen molar-refractivity contribution in [2.45, 2.75) is 39.0 Å². The number of hydrogen-bond donors (Lipinski definition) is 0. The van der Waals surface area contributed by atoms with Crippen LogP contribution in [0.4, 0.5) is 13.2 Å². The standard InChI is InChI=1S/C19H19F3N6O4/c1-11-7-26(8-12(2)31-11)15(29)9-27-10-23-17-16(18(27)30)24-25-28(17)13-3-5-14(6-4-13)32-19(20,21)22/h3-6,10-12H,7-9H2,1-2H3. The number of carbonyl (C=O) groups excluding carboxylic acids is 1. The van der Waals surface area contributed by atoms with Crippen molar-refractivity contribution >= 4 is 17.1 Å². The minimum atomic E-state index is -4.80. The van der Waals surface area contributed by atoms with Gasteiger partial charge in [0.25, 0.3) is 5.56 Å². The van der Waals surface area contributed by atoms with Crippen LogP contribution in [-0.4, -0.2) is 67.0 Å². The lowest BCUT2D eigenvalue weighted by atomic mass is 10.2. The van der Waals surface area contributed by atoms with Crippen molar-refractivity contribution in [3.05, 3.63) is 40.9 Å². The number of halogens is 3. The fourth-order valence-corrected chi connectivity index (χ4v) is 3.55. The quantitative estimate of drug-likeness (QED) is 0.591. The first-order chi connectivity index (χ1) is 15.1. The number of ether oxygens (including phenoxy) is 2. The number of aromatic nitrogens is 5. The van der Waals surface area contributed by atoms with Crippen molar-refractivity contribution in [2.24, 2.45) is 0 Å². The van der Waals surface area contributed by atoms with Crippen LogP contribution in [0.1, 0.15) is 13.8 Å². The van der Waals surface area contributed by atoms with Crippen LogP contribution in [0.5, 0.6) is 5.75 Å². The molecule has 2 atom stereocenters. The van der Waals surface area contributed by atoms with Gasteiger partial charge in [0.05, 0.1) is 17.9 Å². The van der Waals surface area contributed by atoms with Gasteiger partial charge in [-0.3, -0.25) is 14.2 Å². The molecule has 0 radical (unpaired) electrons. The molecule has 32 heavy (non-hydrogen) atoms. The lowest BCUT2D eigenvalue weighted by Gasteiger charge is -2.35. The number of benzene rings is 1. The Morgan fingerprint density at radius 1 is 1.19 bits per heavy atom. The molecule has 2 unspecified atom stereocenters. The first kappa shape index (κ1) is 21.7. The number of fused-ring (bicyclic) bond motifs is 1. The molecule has 1 aromatic carbocycles. The summed E-state index contributed by atoms with van der Waals surface area (Å²) in [7, 11) is 0. The van der Waals surface area contributed by atoms with Crippen LogP contribution in [0.2, 0.25) is 0 Å². The maximum atomic E-state index is 12.8. The molecule has 4 rings (SSSR count). The summed E-state index contributed by atoms with van der Waals surface area (Å²) < 4.78 is 48.8. The lowest BCUT2D eigenvalue weighted by Crippen LogP contribution is -2.49. The van der Waals surface area contributed by atoms with Gasteiger partial charge in [-0.2, -0.15) is 4.68 Å². The molecule has 0 bridgehead atoms. The molecule has 3 heterocycles. The molecule has 0 saturated carbocycles. The van der Waals surface area contributed by atoms with Crippen LogP contribution in [0.25, 0.3) is 16.9 Å². The van der Waals surface area contributed by atoms with E-state index >= 15 is 0 Å². The van der Waals surface area contributed by atoms with Gasteiger partial charge < -0.3 is 14.4 Å². The summed E-state index contributed by atoms with van der Waals surface area (Å²) in [5, 5.41) is 7.72. The van der Waals surface area contributed by atoms with Crippen molar-refractivity contribution in [1.29, 1.82) is 0 Å². The highest BCUT2D eigenvalue weighted by atomic mass is 19.4. The number of carbonyl (C=O) groups is 1. The molecule has 0 aliphatic carbocycles. The minimum Gasteiger partial charge on any atom is -0.406 e. The van der Waals surface area contributed by atoms with E-state index in [1.807, 2.05) is 13.8 Å². The van der Waals surface area contributed by atoms with E-state index in [9.17, 15) is 22.8 Å². The maximum Gasteiger partial charge on any atom is 0.573 e. The number of nitrogens with zero attached hydrogens (tertiary/aromatic N) is 6. The summed E-state index contributed by atoms with van der Waals surface area (Å²) >= 11 is 0. The van der Waals surface area contributed by atoms with Gasteiger partial charge in [-0.15, -0.1) is 18.3 Å². The first-order valence-electron chi connectivity index (χ1n) is 9.71. The Balaban J connectivity index is 1.56. The minimum absolute atomic E-state index is 0.0698. The second-order valence-corrected chi connectivity index (χ2v) is 7.45. The Morgan fingerprint density at radius 2 is 1.84 bits per heavy atom. The van der Waals surface area contributed by atoms with Crippen LogP contribution >= 0.6 is 0 Å². The predicted molar refractivity (Wildman–Crippen MR) is 104 cm³/mol. The first-order valence-corrected chi connectivity index (χ1v) is 9.71. The number of morpholine rings is 1. The number of rotatable bonds is 4. The Labute approximate surface area is 179 Å². The van der Waals surface area contributed by atoms with E-state index < -0.39 is 17.7 Å². The Kier molecular flexibility index (Phi) is 5.59. The van der Waals surface area contributed by atoms with E-state index in [1.54, 1.807) is 4.90 Å². The van der Waals surface area contributed by atoms with Gasteiger partial charge in [-0.1, -0.05) is 5.21 Å². The average molecular weight is 452 g/mol. The maximum absolute atomic E-state index is 12.8. The molecule has 10 nitrogen and oxygen atoms in total. The van der Waals surface area contributed by atoms with Crippen molar-refractivity contribution < 1.29 is 27.4 Å². The van der Waals surface area contributed by atoms with Gasteiger partial charge in [0, 0.05) is 13.1 Å². The molecule has 170 valence electrons. The van der Waals surface area contributed by atoms with Crippen molar-refractivity contribution in [3.8, 4) is 11.4 Å². The van der Waals surface area contributed by atoms with Crippen LogP contribution < -0.4 is 10.3 Å². The molecule has 3 aromatic rings. The second-order valence-electron chi connectivity index (χ2n) is 7.45. The molecule has 13 heteroatoms. The van der Waals surface area contributed by atoms with E-state index in [1.165, 1.54) is 23.1 Å². The lowest BCUT2D eigenvalue weighted by molar-refractivity contribution is -0.274. The van der Waals surface area contributed by atoms with E-state index in [2.05, 4.69) is 20.0 Å². The van der Waals surface area contributed by atoms with Crippen LogP contribution in [0.15, 0.2) is 35.4 Å². The van der Waals surface area contributed by atoms with Gasteiger partial charge >= 0.3 is 6.36 Å². The number of amides is 1. The molecule has 1 saturated heterocycles. The topological polar surface area (TPSA) is 104 Å². The number of hydrogen-bond acceptors (Lipinski definition) is 7. The van der Waals surface area contributed by atoms with Gasteiger partial charge in [-0.25, -0.2) is 4.98 Å². The Hall–Kier alpha value is -3.48. The van der Waals surface area contributed by atoms with Gasteiger partial charge in [0.1, 0.15) is 18.6 Å². The summed E-state index contributed by atoms with van der Waals surface area (Å²) in [5.41, 5.74) is -0.184. The van der Waals surface area contributed by atoms with E-state index in [0.29, 0.717) is 18.8 Å². The highest BCUT2D eigenvalue weighted by molar-refractivity contribution is 5.77. The molecule has 2 aromatic heterocycles. The fraction of sp³-hybridized carbons (Fsp3) is 0.421. The van der Waals surface area contributed by atoms with Crippen molar-refractivity contribution in [1.82, 2.24) is 29.4 Å². The highest BCUT2D eigenvalue weighted by Gasteiger charge is 2.31. The molecule has 1 amide bonds. The molecule has 0 spiro atoms. The Morgan fingerprint density at radius 3 is 2.47 bits per heavy atom. The largest absolute Gasteiger partial charge is 0.573 e. The summed E-state index contributed by atoms with van der Waals surface area (Å²) in [6, 6.07) is 4.88. The molecule has 1 aliphatic rings. The zero-order chi connectivity index (χ0) is 23.0. The van der Waals surface area contributed by atoms with E-state index in [0.717, 1.165) is 16.7 Å². The number of alkyl halides is 3. The third-order valence-electron chi connectivity index (χ3n) is 4.82. The van der Waals surface area contributed by atoms with Crippen LogP contribution in [0, 0.1) is 0 Å². The average Bonchev–Trinajstić information content (AvgIpc) is 3.13. The summed E-state index contributed by atoms with van der Waals surface area (Å²) in [4.78, 5) is 31.3. The van der Waals surface area contributed by atoms with Crippen molar-refractivity contribution in [2.75, 3.05) is 13.1 Å². The fourth-order valence-electron chi connectivity index (χ4n) is 3.55. The summed E-state index contributed by atoms with van der Waals surface area (Å²) in [6.07, 6.45) is -3.79. The monoisotopic (exact) mass is 452 g/mol. The van der Waals surface area contributed by atoms with Crippen LogP contribution in [0.3, 0.4) is 0 Å².